The van der Waals surface area contributed by atoms with E-state index in [1.165, 1.54) is 10.6 Å². The lowest BCUT2D eigenvalue weighted by Gasteiger charge is -2.20. The molecule has 0 bridgehead atoms. The highest BCUT2D eigenvalue weighted by atomic mass is 19.4. The summed E-state index contributed by atoms with van der Waals surface area (Å²) in [5.41, 5.74) is 4.16. The third-order valence-electron chi connectivity index (χ3n) is 6.02. The van der Waals surface area contributed by atoms with Crippen LogP contribution in [0, 0.1) is 6.92 Å². The van der Waals surface area contributed by atoms with Crippen LogP contribution in [0.1, 0.15) is 66.5 Å². The first-order valence-electron chi connectivity index (χ1n) is 10.2. The third kappa shape index (κ3) is 2.99. The molecule has 30 heavy (non-hydrogen) atoms. The van der Waals surface area contributed by atoms with Crippen LogP contribution in [0.3, 0.4) is 0 Å². The van der Waals surface area contributed by atoms with Gasteiger partial charge in [0.1, 0.15) is 0 Å². The fourth-order valence-corrected chi connectivity index (χ4v) is 4.39. The van der Waals surface area contributed by atoms with Crippen LogP contribution in [0.25, 0.3) is 16.8 Å². The van der Waals surface area contributed by atoms with Gasteiger partial charge in [-0.2, -0.15) is 18.3 Å². The smallest absolute Gasteiger partial charge is 0.325 e. The van der Waals surface area contributed by atoms with Crippen molar-refractivity contribution in [3.8, 4) is 11.3 Å². The molecule has 5 rings (SSSR count). The van der Waals surface area contributed by atoms with Gasteiger partial charge in [0.15, 0.2) is 0 Å². The highest BCUT2D eigenvalue weighted by molar-refractivity contribution is 6.00. The first-order valence-corrected chi connectivity index (χ1v) is 10.2. The van der Waals surface area contributed by atoms with Crippen LogP contribution >= 0.6 is 0 Å². The molecule has 4 nitrogen and oxygen atoms in total. The number of hydrogen-bond acceptors (Lipinski definition) is 2. The largest absolute Gasteiger partial charge is 0.418 e. The molecule has 1 amide bonds. The van der Waals surface area contributed by atoms with Crippen molar-refractivity contribution < 1.29 is 18.0 Å². The Morgan fingerprint density at radius 2 is 1.90 bits per heavy atom. The van der Waals surface area contributed by atoms with Crippen LogP contribution < -0.4 is 5.32 Å². The van der Waals surface area contributed by atoms with Gasteiger partial charge in [-0.3, -0.25) is 4.79 Å². The van der Waals surface area contributed by atoms with Crippen LogP contribution in [0.5, 0.6) is 0 Å². The predicted molar refractivity (Wildman–Crippen MR) is 109 cm³/mol. The van der Waals surface area contributed by atoms with Crippen molar-refractivity contribution in [1.29, 1.82) is 0 Å². The normalized spacial score (nSPS) is 16.4. The lowest BCUT2D eigenvalue weighted by atomic mass is 9.94. The van der Waals surface area contributed by atoms with Gasteiger partial charge in [0.05, 0.1) is 28.9 Å². The topological polar surface area (TPSA) is 46.4 Å². The summed E-state index contributed by atoms with van der Waals surface area (Å²) in [5.74, 6) is 0.113. The minimum Gasteiger partial charge on any atom is -0.325 e. The zero-order valence-corrected chi connectivity index (χ0v) is 17.0. The number of fused-ring (bicyclic) bond motifs is 2. The van der Waals surface area contributed by atoms with E-state index in [4.69, 9.17) is 0 Å². The van der Waals surface area contributed by atoms with Crippen molar-refractivity contribution >= 4 is 17.1 Å². The summed E-state index contributed by atoms with van der Waals surface area (Å²) in [7, 11) is 0. The Morgan fingerprint density at radius 3 is 2.53 bits per heavy atom. The van der Waals surface area contributed by atoms with E-state index in [2.05, 4.69) is 10.4 Å². The van der Waals surface area contributed by atoms with E-state index >= 15 is 0 Å². The SMILES string of the molecule is Cc1cc(-c2c(C(F)(F)F)cc(C(C)C)c3cc(C4CC4)nn23)cc2c1NC(=O)C2. The van der Waals surface area contributed by atoms with Gasteiger partial charge in [-0.15, -0.1) is 0 Å². The number of benzene rings is 1. The average molecular weight is 413 g/mol. The molecule has 2 aliphatic rings. The molecule has 0 spiro atoms. The van der Waals surface area contributed by atoms with Crippen molar-refractivity contribution in [2.24, 2.45) is 0 Å². The Labute approximate surface area is 172 Å². The van der Waals surface area contributed by atoms with Crippen molar-refractivity contribution in [2.75, 3.05) is 5.32 Å². The fourth-order valence-electron chi connectivity index (χ4n) is 4.39. The number of anilines is 1. The Bertz CT molecular complexity index is 1200. The number of halogens is 3. The summed E-state index contributed by atoms with van der Waals surface area (Å²) in [6.07, 6.45) is -2.31. The maximum absolute atomic E-state index is 14.2. The van der Waals surface area contributed by atoms with E-state index in [0.717, 1.165) is 35.2 Å². The van der Waals surface area contributed by atoms with Gasteiger partial charge in [-0.25, -0.2) is 4.52 Å². The van der Waals surface area contributed by atoms with E-state index in [0.29, 0.717) is 22.7 Å². The summed E-state index contributed by atoms with van der Waals surface area (Å²) in [5, 5.41) is 7.43. The number of hydrogen-bond donors (Lipinski definition) is 1. The van der Waals surface area contributed by atoms with Gasteiger partial charge < -0.3 is 5.32 Å². The highest BCUT2D eigenvalue weighted by Crippen LogP contribution is 2.44. The summed E-state index contributed by atoms with van der Waals surface area (Å²) in [6, 6.07) is 6.63. The highest BCUT2D eigenvalue weighted by Gasteiger charge is 2.38. The molecule has 1 fully saturated rings. The monoisotopic (exact) mass is 413 g/mol. The summed E-state index contributed by atoms with van der Waals surface area (Å²) < 4.78 is 44.1. The van der Waals surface area contributed by atoms with Gasteiger partial charge >= 0.3 is 6.18 Å². The van der Waals surface area contributed by atoms with E-state index < -0.39 is 11.7 Å². The molecule has 3 aromatic rings. The lowest BCUT2D eigenvalue weighted by molar-refractivity contribution is -0.137. The third-order valence-corrected chi connectivity index (χ3v) is 6.02. The molecule has 1 aromatic carbocycles. The van der Waals surface area contributed by atoms with Gasteiger partial charge in [-0.1, -0.05) is 13.8 Å². The first kappa shape index (κ1) is 19.2. The molecule has 0 atom stereocenters. The Hall–Kier alpha value is -2.83. The summed E-state index contributed by atoms with van der Waals surface area (Å²) >= 11 is 0. The van der Waals surface area contributed by atoms with E-state index in [1.54, 1.807) is 19.1 Å². The molecule has 0 radical (unpaired) electrons. The minimum absolute atomic E-state index is 0.0408. The van der Waals surface area contributed by atoms with Crippen molar-refractivity contribution in [3.05, 3.63) is 52.2 Å². The molecule has 1 saturated carbocycles. The number of aromatic nitrogens is 2. The van der Waals surface area contributed by atoms with Crippen LogP contribution in [-0.2, 0) is 17.4 Å². The molecule has 3 heterocycles. The van der Waals surface area contributed by atoms with E-state index in [9.17, 15) is 18.0 Å². The Morgan fingerprint density at radius 1 is 1.17 bits per heavy atom. The van der Waals surface area contributed by atoms with Crippen LogP contribution in [-0.4, -0.2) is 15.5 Å². The molecule has 0 unspecified atom stereocenters. The van der Waals surface area contributed by atoms with E-state index in [-0.39, 0.29) is 23.9 Å². The fraction of sp³-hybridized carbons (Fsp3) is 0.391. The number of pyridine rings is 1. The maximum atomic E-state index is 14.2. The van der Waals surface area contributed by atoms with Crippen LogP contribution in [0.2, 0.25) is 0 Å². The standard InChI is InChI=1S/C23H22F3N3O/c1-11(2)16-9-17(23(24,25)26)22(29-19(16)10-18(28-29)13-4-5-13)15-6-12(3)21-14(7-15)8-20(30)27-21/h6-7,9-11,13H,4-5,8H2,1-3H3,(H,27,30). The number of rotatable bonds is 3. The second kappa shape index (κ2) is 6.33. The number of amides is 1. The molecule has 0 saturated heterocycles. The minimum atomic E-state index is -4.53. The first-order chi connectivity index (χ1) is 14.1. The molecule has 2 aromatic heterocycles. The van der Waals surface area contributed by atoms with Gasteiger partial charge in [0.2, 0.25) is 5.91 Å². The molecular formula is C23H22F3N3O. The molecule has 1 aliphatic heterocycles. The van der Waals surface area contributed by atoms with Gasteiger partial charge in [-0.05, 0) is 66.6 Å². The Kier molecular flexibility index (Phi) is 4.04. The molecule has 156 valence electrons. The second-order valence-electron chi connectivity index (χ2n) is 8.71. The van der Waals surface area contributed by atoms with E-state index in [1.807, 2.05) is 19.9 Å². The summed E-state index contributed by atoms with van der Waals surface area (Å²) in [6.45, 7) is 5.60. The average Bonchev–Trinajstić information content (AvgIpc) is 3.28. The van der Waals surface area contributed by atoms with Crippen molar-refractivity contribution in [1.82, 2.24) is 9.61 Å². The van der Waals surface area contributed by atoms with Crippen molar-refractivity contribution in [3.63, 3.8) is 0 Å². The molecular weight excluding hydrogens is 391 g/mol. The van der Waals surface area contributed by atoms with Crippen LogP contribution in [0.4, 0.5) is 18.9 Å². The lowest BCUT2D eigenvalue weighted by Crippen LogP contribution is -2.13. The number of alkyl halides is 3. The zero-order chi connectivity index (χ0) is 21.4. The number of nitrogens with zero attached hydrogens (tertiary/aromatic N) is 2. The number of nitrogens with one attached hydrogen (secondary N) is 1. The second-order valence-corrected chi connectivity index (χ2v) is 8.71. The zero-order valence-electron chi connectivity index (χ0n) is 17.0. The van der Waals surface area contributed by atoms with Crippen LogP contribution in [0.15, 0.2) is 24.3 Å². The molecule has 1 N–H and O–H groups in total. The van der Waals surface area contributed by atoms with Crippen molar-refractivity contribution in [2.45, 2.75) is 58.0 Å². The van der Waals surface area contributed by atoms with Gasteiger partial charge in [0, 0.05) is 17.2 Å². The number of aryl methyl sites for hydroxylation is 1. The predicted octanol–water partition coefficient (Wildman–Crippen LogP) is 5.82. The quantitative estimate of drug-likeness (QED) is 0.588. The van der Waals surface area contributed by atoms with Gasteiger partial charge in [0.25, 0.3) is 0 Å². The molecule has 1 aliphatic carbocycles. The maximum Gasteiger partial charge on any atom is 0.418 e. The number of carbonyl (C=O) groups excluding carboxylic acids is 1. The Balaban J connectivity index is 1.85. The molecule has 7 heteroatoms. The number of carbonyl (C=O) groups is 1. The summed E-state index contributed by atoms with van der Waals surface area (Å²) in [4.78, 5) is 11.8.